The molecule has 0 aromatic rings. The van der Waals surface area contributed by atoms with Crippen LogP contribution in [0.15, 0.2) is 0 Å². The summed E-state index contributed by atoms with van der Waals surface area (Å²) in [5, 5.41) is 0. The summed E-state index contributed by atoms with van der Waals surface area (Å²) in [6, 6.07) is 0. The van der Waals surface area contributed by atoms with Gasteiger partial charge in [0.2, 0.25) is 0 Å². The Morgan fingerprint density at radius 2 is 0.593 bits per heavy atom. The molecule has 2 nitrogen and oxygen atoms in total. The van der Waals surface area contributed by atoms with Crippen molar-refractivity contribution in [3.63, 3.8) is 0 Å². The van der Waals surface area contributed by atoms with E-state index in [9.17, 15) is 79.8 Å². The Kier molecular flexibility index (Phi) is 5.71. The second kappa shape index (κ2) is 6.11. The fourth-order valence-electron chi connectivity index (χ4n) is 1.14. The van der Waals surface area contributed by atoms with Gasteiger partial charge in [-0.25, -0.2) is 0 Å². The molecule has 0 bridgehead atoms. The molecule has 0 atom stereocenters. The van der Waals surface area contributed by atoms with Crippen LogP contribution >= 0.6 is 0 Å². The van der Waals surface area contributed by atoms with Crippen molar-refractivity contribution in [3.8, 4) is 0 Å². The van der Waals surface area contributed by atoms with Gasteiger partial charge >= 0.3 is 42.0 Å². The maximum Gasteiger partial charge on any atom is 0.460 e. The predicted molar refractivity (Wildman–Crippen MR) is 46.9 cm³/mol. The lowest BCUT2D eigenvalue weighted by molar-refractivity contribution is -0.350. The van der Waals surface area contributed by atoms with Gasteiger partial charge in [-0.05, 0) is 0 Å². The summed E-state index contributed by atoms with van der Waals surface area (Å²) >= 11 is 0. The van der Waals surface area contributed by atoms with Crippen LogP contribution in [0.1, 0.15) is 0 Å². The van der Waals surface area contributed by atoms with Crippen molar-refractivity contribution in [2.75, 3.05) is 0 Å². The van der Waals surface area contributed by atoms with Gasteiger partial charge in [-0.15, -0.1) is 0 Å². The summed E-state index contributed by atoms with van der Waals surface area (Å²) in [7, 11) is 0. The van der Waals surface area contributed by atoms with E-state index >= 15 is 0 Å². The molecule has 0 heterocycles. The van der Waals surface area contributed by atoms with Crippen LogP contribution in [-0.4, -0.2) is 53.5 Å². The highest BCUT2D eigenvalue weighted by Crippen LogP contribution is 2.52. The smallest absolute Gasteiger partial charge is 0.285 e. The van der Waals surface area contributed by atoms with Crippen molar-refractivity contribution < 1.29 is 79.8 Å². The van der Waals surface area contributed by atoms with E-state index in [4.69, 9.17) is 0 Å². The molecular weight excluding hydrogens is 444 g/mol. The first-order valence-electron chi connectivity index (χ1n) is 5.43. The number of hydrogen-bond donors (Lipinski definition) is 0. The monoisotopic (exact) mass is 444 g/mol. The van der Waals surface area contributed by atoms with Crippen molar-refractivity contribution in [3.05, 3.63) is 0 Å². The second-order valence-electron chi connectivity index (χ2n) is 4.53. The van der Waals surface area contributed by atoms with E-state index in [1.807, 2.05) is 0 Å². The Labute approximate surface area is 135 Å². The Hall–Kier alpha value is -1.78. The highest BCUT2D eigenvalue weighted by molar-refractivity contribution is 6.14. The summed E-state index contributed by atoms with van der Waals surface area (Å²) in [5.74, 6) is -48.9. The van der Waals surface area contributed by atoms with E-state index in [1.54, 1.807) is 0 Å². The summed E-state index contributed by atoms with van der Waals surface area (Å²) in [6.45, 7) is 0. The molecule has 0 unspecified atom stereocenters. The van der Waals surface area contributed by atoms with Gasteiger partial charge in [-0.3, -0.25) is 9.59 Å². The molecule has 0 aromatic heterocycles. The molecule has 0 fully saturated rings. The van der Waals surface area contributed by atoms with Crippen LogP contribution in [0, 0.1) is 0 Å². The van der Waals surface area contributed by atoms with Gasteiger partial charge in [0, 0.05) is 0 Å². The van der Waals surface area contributed by atoms with Gasteiger partial charge in [0.25, 0.3) is 11.6 Å². The SMILES string of the molecule is O=C(C(F)(F)C(=O)C(F)(F)C(F)(F)C(F)(F)F)C(F)(F)C(F)(F)C(F)(F)F. The van der Waals surface area contributed by atoms with Crippen LogP contribution in [0.2, 0.25) is 0 Å². The molecular formula is C9F16O2. The van der Waals surface area contributed by atoms with Crippen molar-refractivity contribution >= 4 is 11.6 Å². The quantitative estimate of drug-likeness (QED) is 0.449. The molecule has 0 spiro atoms. The molecule has 0 aliphatic carbocycles. The average Bonchev–Trinajstić information content (AvgIpc) is 2.42. The number of rotatable bonds is 6. The third kappa shape index (κ3) is 3.53. The molecule has 18 heteroatoms. The van der Waals surface area contributed by atoms with Gasteiger partial charge in [0.1, 0.15) is 0 Å². The minimum Gasteiger partial charge on any atom is -0.285 e. The third-order valence-corrected chi connectivity index (χ3v) is 2.64. The number of halogens is 16. The van der Waals surface area contributed by atoms with E-state index in [1.165, 1.54) is 0 Å². The molecule has 0 radical (unpaired) electrons. The molecule has 0 aliphatic heterocycles. The van der Waals surface area contributed by atoms with Gasteiger partial charge in [0.15, 0.2) is 0 Å². The molecule has 0 amide bonds. The molecule has 160 valence electrons. The summed E-state index contributed by atoms with van der Waals surface area (Å²) < 4.78 is 197. The maximum absolute atomic E-state index is 13.0. The van der Waals surface area contributed by atoms with Gasteiger partial charge in [0.05, 0.1) is 0 Å². The lowest BCUT2D eigenvalue weighted by atomic mass is 9.93. The van der Waals surface area contributed by atoms with Crippen molar-refractivity contribution in [2.45, 2.75) is 42.0 Å². The zero-order chi connectivity index (χ0) is 22.7. The van der Waals surface area contributed by atoms with Gasteiger partial charge in [-0.1, -0.05) is 0 Å². The zero-order valence-electron chi connectivity index (χ0n) is 11.4. The fraction of sp³-hybridized carbons (Fsp3) is 0.778. The molecule has 0 saturated carbocycles. The number of alkyl halides is 16. The summed E-state index contributed by atoms with van der Waals surface area (Å²) in [6.07, 6.45) is -15.0. The molecule has 0 saturated heterocycles. The van der Waals surface area contributed by atoms with Crippen LogP contribution < -0.4 is 0 Å². The summed E-state index contributed by atoms with van der Waals surface area (Å²) in [4.78, 5) is 21.0. The van der Waals surface area contributed by atoms with Crippen molar-refractivity contribution in [1.29, 1.82) is 0 Å². The third-order valence-electron chi connectivity index (χ3n) is 2.64. The lowest BCUT2D eigenvalue weighted by Crippen LogP contribution is -2.66. The Morgan fingerprint density at radius 3 is 0.741 bits per heavy atom. The number of ketones is 2. The highest BCUT2D eigenvalue weighted by Gasteiger charge is 2.84. The molecule has 0 rings (SSSR count). The van der Waals surface area contributed by atoms with Crippen LogP contribution in [0.5, 0.6) is 0 Å². The van der Waals surface area contributed by atoms with Crippen LogP contribution in [-0.2, 0) is 9.59 Å². The second-order valence-corrected chi connectivity index (χ2v) is 4.53. The first kappa shape index (κ1) is 25.2. The predicted octanol–water partition coefficient (Wildman–Crippen LogP) is 4.43. The van der Waals surface area contributed by atoms with Gasteiger partial charge in [-0.2, -0.15) is 70.2 Å². The number of Topliss-reactive ketones (excluding diaryl/α,β-unsaturated/α-hetero) is 2. The zero-order valence-corrected chi connectivity index (χ0v) is 11.4. The largest absolute Gasteiger partial charge is 0.460 e. The van der Waals surface area contributed by atoms with E-state index in [2.05, 4.69) is 0 Å². The molecule has 0 aromatic carbocycles. The standard InChI is InChI=1S/C9F16O2/c10-3(11,1(26)4(12,13)6(16,17)8(20,21)22)2(27)5(14,15)7(18,19)9(23,24)25. The van der Waals surface area contributed by atoms with E-state index in [0.717, 1.165) is 0 Å². The lowest BCUT2D eigenvalue weighted by Gasteiger charge is -2.32. The highest BCUT2D eigenvalue weighted by atomic mass is 19.4. The number of carbonyl (C=O) groups excluding carboxylic acids is 2. The molecule has 0 N–H and O–H groups in total. The Bertz CT molecular complexity index is 556. The first-order valence-corrected chi connectivity index (χ1v) is 5.43. The molecule has 27 heavy (non-hydrogen) atoms. The first-order chi connectivity index (χ1) is 11.3. The van der Waals surface area contributed by atoms with Crippen LogP contribution in [0.25, 0.3) is 0 Å². The molecule has 0 aliphatic rings. The topological polar surface area (TPSA) is 34.1 Å². The van der Waals surface area contributed by atoms with Gasteiger partial charge < -0.3 is 0 Å². The maximum atomic E-state index is 13.0. The Balaban J connectivity index is 6.30. The normalized spacial score (nSPS) is 15.7. The average molecular weight is 444 g/mol. The van der Waals surface area contributed by atoms with Crippen LogP contribution in [0.3, 0.4) is 0 Å². The minimum atomic E-state index is -7.73. The van der Waals surface area contributed by atoms with E-state index in [-0.39, 0.29) is 0 Å². The summed E-state index contributed by atoms with van der Waals surface area (Å²) in [5.41, 5.74) is 0. The van der Waals surface area contributed by atoms with Crippen LogP contribution in [0.4, 0.5) is 70.2 Å². The fourth-order valence-corrected chi connectivity index (χ4v) is 1.14. The van der Waals surface area contributed by atoms with E-state index < -0.39 is 53.5 Å². The van der Waals surface area contributed by atoms with E-state index in [0.29, 0.717) is 0 Å². The number of hydrogen-bond acceptors (Lipinski definition) is 2. The Morgan fingerprint density at radius 1 is 0.407 bits per heavy atom. The number of carbonyl (C=O) groups is 2. The minimum absolute atomic E-state index is 5.28. The van der Waals surface area contributed by atoms with Crippen molar-refractivity contribution in [1.82, 2.24) is 0 Å². The van der Waals surface area contributed by atoms with Crippen molar-refractivity contribution in [2.24, 2.45) is 0 Å².